The monoisotopic (exact) mass is 275 g/mol. The number of carbonyl (C=O) groups excluding carboxylic acids is 1. The molecule has 1 fully saturated rings. The Bertz CT molecular complexity index is 653. The van der Waals surface area contributed by atoms with Crippen LogP contribution in [0.3, 0.4) is 0 Å². The summed E-state index contributed by atoms with van der Waals surface area (Å²) in [5, 5.41) is 0.439. The van der Waals surface area contributed by atoms with Crippen molar-refractivity contribution >= 4 is 16.9 Å². The van der Waals surface area contributed by atoms with Gasteiger partial charge in [0.05, 0.1) is 13.0 Å². The molecular formula is C15H14FNO3. The number of rotatable bonds is 3. The van der Waals surface area contributed by atoms with Gasteiger partial charge in [-0.15, -0.1) is 0 Å². The highest BCUT2D eigenvalue weighted by atomic mass is 19.1. The van der Waals surface area contributed by atoms with Crippen LogP contribution in [0, 0.1) is 11.7 Å². The van der Waals surface area contributed by atoms with Crippen molar-refractivity contribution in [1.82, 2.24) is 4.98 Å². The first kappa shape index (κ1) is 12.8. The molecule has 0 N–H and O–H groups in total. The summed E-state index contributed by atoms with van der Waals surface area (Å²) in [4.78, 5) is 15.5. The van der Waals surface area contributed by atoms with Crippen LogP contribution < -0.4 is 4.74 Å². The van der Waals surface area contributed by atoms with Crippen molar-refractivity contribution in [2.45, 2.75) is 18.9 Å². The van der Waals surface area contributed by atoms with E-state index >= 15 is 0 Å². The zero-order valence-electron chi connectivity index (χ0n) is 11.0. The molecule has 1 aromatic heterocycles. The van der Waals surface area contributed by atoms with Gasteiger partial charge in [0.1, 0.15) is 23.2 Å². The summed E-state index contributed by atoms with van der Waals surface area (Å²) in [6.45, 7) is 0. The number of fused-ring (bicyclic) bond motifs is 1. The van der Waals surface area contributed by atoms with E-state index in [0.29, 0.717) is 29.5 Å². The maximum atomic E-state index is 13.7. The predicted molar refractivity (Wildman–Crippen MR) is 70.9 cm³/mol. The van der Waals surface area contributed by atoms with Crippen LogP contribution in [-0.2, 0) is 9.53 Å². The van der Waals surface area contributed by atoms with Crippen molar-refractivity contribution in [3.05, 3.63) is 36.3 Å². The number of aromatic nitrogens is 1. The number of methoxy groups -OCH3 is 1. The van der Waals surface area contributed by atoms with Crippen molar-refractivity contribution in [2.75, 3.05) is 7.11 Å². The normalized spacial score (nSPS) is 21.3. The van der Waals surface area contributed by atoms with Crippen LogP contribution in [0.25, 0.3) is 10.9 Å². The molecule has 2 aromatic rings. The zero-order chi connectivity index (χ0) is 14.1. The fourth-order valence-corrected chi connectivity index (χ4v) is 2.41. The van der Waals surface area contributed by atoms with Gasteiger partial charge in [-0.2, -0.15) is 0 Å². The standard InChI is InChI=1S/C15H14FNO3/c1-19-15(18)9-7-10(8-9)20-13-5-4-12(16)11-3-2-6-17-14(11)13/h2-6,9-10H,7-8H2,1H3. The lowest BCUT2D eigenvalue weighted by Gasteiger charge is -2.33. The van der Waals surface area contributed by atoms with E-state index in [0.717, 1.165) is 0 Å². The van der Waals surface area contributed by atoms with Crippen LogP contribution in [0.5, 0.6) is 5.75 Å². The molecule has 4 nitrogen and oxygen atoms in total. The van der Waals surface area contributed by atoms with E-state index in [1.54, 1.807) is 24.4 Å². The quantitative estimate of drug-likeness (QED) is 0.808. The molecule has 0 radical (unpaired) electrons. The van der Waals surface area contributed by atoms with Gasteiger partial charge in [0.25, 0.3) is 0 Å². The third-order valence-electron chi connectivity index (χ3n) is 3.60. The van der Waals surface area contributed by atoms with E-state index in [4.69, 9.17) is 4.74 Å². The molecule has 1 heterocycles. The minimum Gasteiger partial charge on any atom is -0.488 e. The first-order valence-corrected chi connectivity index (χ1v) is 6.46. The van der Waals surface area contributed by atoms with Gasteiger partial charge in [0, 0.05) is 11.6 Å². The number of ether oxygens (including phenoxy) is 2. The van der Waals surface area contributed by atoms with Crippen LogP contribution in [-0.4, -0.2) is 24.2 Å². The fraction of sp³-hybridized carbons (Fsp3) is 0.333. The van der Waals surface area contributed by atoms with Gasteiger partial charge in [-0.3, -0.25) is 9.78 Å². The average molecular weight is 275 g/mol. The SMILES string of the molecule is COC(=O)C1CC(Oc2ccc(F)c3cccnc23)C1. The average Bonchev–Trinajstić information content (AvgIpc) is 2.44. The van der Waals surface area contributed by atoms with Crippen LogP contribution in [0.2, 0.25) is 0 Å². The van der Waals surface area contributed by atoms with Gasteiger partial charge in [0.15, 0.2) is 0 Å². The van der Waals surface area contributed by atoms with E-state index < -0.39 is 0 Å². The second-order valence-electron chi connectivity index (χ2n) is 4.88. The summed E-state index contributed by atoms with van der Waals surface area (Å²) in [6, 6.07) is 6.31. The first-order chi connectivity index (χ1) is 9.69. The van der Waals surface area contributed by atoms with Crippen molar-refractivity contribution in [3.63, 3.8) is 0 Å². The summed E-state index contributed by atoms with van der Waals surface area (Å²) in [7, 11) is 1.38. The van der Waals surface area contributed by atoms with Gasteiger partial charge in [-0.25, -0.2) is 4.39 Å². The molecule has 0 saturated heterocycles. The molecule has 104 valence electrons. The molecule has 1 saturated carbocycles. The van der Waals surface area contributed by atoms with E-state index in [9.17, 15) is 9.18 Å². The van der Waals surface area contributed by atoms with Crippen molar-refractivity contribution in [3.8, 4) is 5.75 Å². The molecule has 0 unspecified atom stereocenters. The lowest BCUT2D eigenvalue weighted by Crippen LogP contribution is -2.38. The number of esters is 1. The number of hydrogen-bond donors (Lipinski definition) is 0. The van der Waals surface area contributed by atoms with Crippen molar-refractivity contribution in [2.24, 2.45) is 5.92 Å². The summed E-state index contributed by atoms with van der Waals surface area (Å²) >= 11 is 0. The van der Waals surface area contributed by atoms with Gasteiger partial charge < -0.3 is 9.47 Å². The van der Waals surface area contributed by atoms with Crippen molar-refractivity contribution in [1.29, 1.82) is 0 Å². The number of halogens is 1. The zero-order valence-corrected chi connectivity index (χ0v) is 11.0. The lowest BCUT2D eigenvalue weighted by molar-refractivity contribution is -0.151. The molecule has 1 aliphatic rings. The Balaban J connectivity index is 1.77. The molecule has 20 heavy (non-hydrogen) atoms. The van der Waals surface area contributed by atoms with Crippen LogP contribution >= 0.6 is 0 Å². The minimum absolute atomic E-state index is 0.0465. The van der Waals surface area contributed by atoms with Crippen molar-refractivity contribution < 1.29 is 18.7 Å². The third kappa shape index (κ3) is 2.19. The minimum atomic E-state index is -0.318. The van der Waals surface area contributed by atoms with Crippen LogP contribution in [0.15, 0.2) is 30.5 Å². The molecule has 1 aromatic carbocycles. The Morgan fingerprint density at radius 3 is 2.90 bits per heavy atom. The maximum Gasteiger partial charge on any atom is 0.308 e. The number of nitrogens with zero attached hydrogens (tertiary/aromatic N) is 1. The summed E-state index contributed by atoms with van der Waals surface area (Å²) in [5.41, 5.74) is 0.508. The lowest BCUT2D eigenvalue weighted by atomic mass is 9.82. The molecule has 0 atom stereocenters. The highest BCUT2D eigenvalue weighted by molar-refractivity contribution is 5.84. The second kappa shape index (κ2) is 5.07. The maximum absolute atomic E-state index is 13.7. The number of benzene rings is 1. The molecule has 3 rings (SSSR count). The Morgan fingerprint density at radius 2 is 2.15 bits per heavy atom. The van der Waals surface area contributed by atoms with E-state index in [2.05, 4.69) is 9.72 Å². The predicted octanol–water partition coefficient (Wildman–Crippen LogP) is 2.70. The largest absolute Gasteiger partial charge is 0.488 e. The molecular weight excluding hydrogens is 261 g/mol. The smallest absolute Gasteiger partial charge is 0.308 e. The number of hydrogen-bond acceptors (Lipinski definition) is 4. The Labute approximate surface area is 115 Å². The third-order valence-corrected chi connectivity index (χ3v) is 3.60. The van der Waals surface area contributed by atoms with Gasteiger partial charge in [0.2, 0.25) is 0 Å². The van der Waals surface area contributed by atoms with E-state index in [1.165, 1.54) is 13.2 Å². The second-order valence-corrected chi connectivity index (χ2v) is 4.88. The Morgan fingerprint density at radius 1 is 1.35 bits per heavy atom. The molecule has 0 bridgehead atoms. The summed E-state index contributed by atoms with van der Waals surface area (Å²) in [6.07, 6.45) is 2.80. The molecule has 0 amide bonds. The first-order valence-electron chi connectivity index (χ1n) is 6.46. The summed E-state index contributed by atoms with van der Waals surface area (Å²) in [5.74, 6) is -0.0616. The van der Waals surface area contributed by atoms with Crippen LogP contribution in [0.4, 0.5) is 4.39 Å². The summed E-state index contributed by atoms with van der Waals surface area (Å²) < 4.78 is 24.1. The Kier molecular flexibility index (Phi) is 3.26. The van der Waals surface area contributed by atoms with Gasteiger partial charge in [-0.05, 0) is 37.1 Å². The highest BCUT2D eigenvalue weighted by Gasteiger charge is 2.37. The Hall–Kier alpha value is -2.17. The molecule has 0 aliphatic heterocycles. The van der Waals surface area contributed by atoms with Gasteiger partial charge in [-0.1, -0.05) is 0 Å². The van der Waals surface area contributed by atoms with Crippen LogP contribution in [0.1, 0.15) is 12.8 Å². The molecule has 1 aliphatic carbocycles. The number of carbonyl (C=O) groups is 1. The van der Waals surface area contributed by atoms with Gasteiger partial charge >= 0.3 is 5.97 Å². The van der Waals surface area contributed by atoms with E-state index in [1.807, 2.05) is 0 Å². The molecule has 5 heteroatoms. The molecule has 0 spiro atoms. The highest BCUT2D eigenvalue weighted by Crippen LogP contribution is 2.34. The topological polar surface area (TPSA) is 48.4 Å². The van der Waals surface area contributed by atoms with E-state index in [-0.39, 0.29) is 23.8 Å². The fourth-order valence-electron chi connectivity index (χ4n) is 2.41. The number of pyridine rings is 1.